The Morgan fingerprint density at radius 1 is 1.24 bits per heavy atom. The van der Waals surface area contributed by atoms with Gasteiger partial charge >= 0.3 is 0 Å². The van der Waals surface area contributed by atoms with E-state index in [1.54, 1.807) is 4.68 Å². The van der Waals surface area contributed by atoms with Gasteiger partial charge in [-0.15, -0.1) is 5.10 Å². The van der Waals surface area contributed by atoms with Crippen molar-refractivity contribution in [2.45, 2.75) is 25.9 Å². The van der Waals surface area contributed by atoms with Crippen LogP contribution >= 0.6 is 0 Å². The molecule has 1 aromatic carbocycles. The van der Waals surface area contributed by atoms with E-state index in [1.807, 2.05) is 30.3 Å². The zero-order chi connectivity index (χ0) is 14.7. The number of rotatable bonds is 5. The Labute approximate surface area is 123 Å². The standard InChI is InChI=1S/C15H19N5O/c1-19-11-13(17-18-19)10-16-9-12-4-6-14(7-5-12)20-8-2-3-15(20)21/h4-7,11,16H,2-3,8-10H2,1H3. The van der Waals surface area contributed by atoms with Gasteiger partial charge in [-0.25, -0.2) is 0 Å². The lowest BCUT2D eigenvalue weighted by atomic mass is 10.2. The molecule has 21 heavy (non-hydrogen) atoms. The Morgan fingerprint density at radius 3 is 2.67 bits per heavy atom. The van der Waals surface area contributed by atoms with Crippen molar-refractivity contribution in [3.05, 3.63) is 41.7 Å². The van der Waals surface area contributed by atoms with Crippen molar-refractivity contribution in [3.63, 3.8) is 0 Å². The highest BCUT2D eigenvalue weighted by Crippen LogP contribution is 2.21. The third-order valence-corrected chi connectivity index (χ3v) is 3.61. The topological polar surface area (TPSA) is 63.1 Å². The number of carbonyl (C=O) groups is 1. The minimum atomic E-state index is 0.225. The lowest BCUT2D eigenvalue weighted by Crippen LogP contribution is -2.23. The second-order valence-electron chi connectivity index (χ2n) is 5.30. The molecule has 2 aromatic rings. The first kappa shape index (κ1) is 13.8. The van der Waals surface area contributed by atoms with E-state index in [0.29, 0.717) is 13.0 Å². The molecule has 2 heterocycles. The fourth-order valence-corrected chi connectivity index (χ4v) is 2.53. The smallest absolute Gasteiger partial charge is 0.227 e. The average Bonchev–Trinajstić information content (AvgIpc) is 3.09. The monoisotopic (exact) mass is 285 g/mol. The Hall–Kier alpha value is -2.21. The van der Waals surface area contributed by atoms with E-state index in [4.69, 9.17) is 0 Å². The number of hydrogen-bond donors (Lipinski definition) is 1. The summed E-state index contributed by atoms with van der Waals surface area (Å²) in [6.45, 7) is 2.30. The molecule has 1 aromatic heterocycles. The second-order valence-corrected chi connectivity index (χ2v) is 5.30. The second kappa shape index (κ2) is 6.05. The van der Waals surface area contributed by atoms with Crippen LogP contribution in [0.25, 0.3) is 0 Å². The summed E-state index contributed by atoms with van der Waals surface area (Å²) in [5.74, 6) is 0.225. The molecule has 1 fully saturated rings. The van der Waals surface area contributed by atoms with Gasteiger partial charge in [0, 0.05) is 45.0 Å². The minimum absolute atomic E-state index is 0.225. The van der Waals surface area contributed by atoms with Gasteiger partial charge in [0.2, 0.25) is 5.91 Å². The number of anilines is 1. The van der Waals surface area contributed by atoms with Crippen molar-refractivity contribution in [2.24, 2.45) is 7.05 Å². The van der Waals surface area contributed by atoms with Crippen LogP contribution in [-0.2, 0) is 24.9 Å². The Kier molecular flexibility index (Phi) is 3.96. The maximum absolute atomic E-state index is 11.7. The number of hydrogen-bond acceptors (Lipinski definition) is 4. The number of benzene rings is 1. The zero-order valence-electron chi connectivity index (χ0n) is 12.1. The predicted octanol–water partition coefficient (Wildman–Crippen LogP) is 1.23. The van der Waals surface area contributed by atoms with Crippen LogP contribution in [0.3, 0.4) is 0 Å². The lowest BCUT2D eigenvalue weighted by Gasteiger charge is -2.16. The molecule has 0 spiro atoms. The number of nitrogens with zero attached hydrogens (tertiary/aromatic N) is 4. The number of aryl methyl sites for hydroxylation is 1. The summed E-state index contributed by atoms with van der Waals surface area (Å²) in [7, 11) is 1.86. The van der Waals surface area contributed by atoms with E-state index in [-0.39, 0.29) is 5.91 Å². The molecule has 110 valence electrons. The average molecular weight is 285 g/mol. The summed E-state index contributed by atoms with van der Waals surface area (Å²) in [5, 5.41) is 11.3. The zero-order valence-corrected chi connectivity index (χ0v) is 12.1. The number of nitrogens with one attached hydrogen (secondary N) is 1. The van der Waals surface area contributed by atoms with Crippen molar-refractivity contribution in [3.8, 4) is 0 Å². The first-order valence-corrected chi connectivity index (χ1v) is 7.17. The summed E-state index contributed by atoms with van der Waals surface area (Å²) >= 11 is 0. The van der Waals surface area contributed by atoms with Crippen LogP contribution in [0.5, 0.6) is 0 Å². The first-order chi connectivity index (χ1) is 10.2. The molecule has 0 saturated carbocycles. The fourth-order valence-electron chi connectivity index (χ4n) is 2.53. The molecule has 1 amide bonds. The highest BCUT2D eigenvalue weighted by atomic mass is 16.2. The van der Waals surface area contributed by atoms with Crippen LogP contribution in [0.4, 0.5) is 5.69 Å². The largest absolute Gasteiger partial charge is 0.312 e. The van der Waals surface area contributed by atoms with Gasteiger partial charge in [0.05, 0.1) is 5.69 Å². The summed E-state index contributed by atoms with van der Waals surface area (Å²) in [6, 6.07) is 8.15. The molecule has 0 bridgehead atoms. The minimum Gasteiger partial charge on any atom is -0.312 e. The van der Waals surface area contributed by atoms with Gasteiger partial charge in [0.25, 0.3) is 0 Å². The van der Waals surface area contributed by atoms with E-state index in [0.717, 1.165) is 30.9 Å². The van der Waals surface area contributed by atoms with Crippen LogP contribution in [-0.4, -0.2) is 27.4 Å². The van der Waals surface area contributed by atoms with Crippen molar-refractivity contribution in [2.75, 3.05) is 11.4 Å². The highest BCUT2D eigenvalue weighted by molar-refractivity contribution is 5.95. The summed E-state index contributed by atoms with van der Waals surface area (Å²) in [5.41, 5.74) is 3.11. The van der Waals surface area contributed by atoms with E-state index in [1.165, 1.54) is 5.56 Å². The van der Waals surface area contributed by atoms with Crippen LogP contribution in [0, 0.1) is 0 Å². The van der Waals surface area contributed by atoms with E-state index in [9.17, 15) is 4.79 Å². The van der Waals surface area contributed by atoms with E-state index in [2.05, 4.69) is 27.8 Å². The van der Waals surface area contributed by atoms with Crippen molar-refractivity contribution < 1.29 is 4.79 Å². The SMILES string of the molecule is Cn1cc(CNCc2ccc(N3CCCC3=O)cc2)nn1. The molecule has 1 saturated heterocycles. The van der Waals surface area contributed by atoms with Crippen molar-refractivity contribution >= 4 is 11.6 Å². The first-order valence-electron chi connectivity index (χ1n) is 7.17. The Balaban J connectivity index is 1.53. The van der Waals surface area contributed by atoms with Gasteiger partial charge in [-0.05, 0) is 24.1 Å². The van der Waals surface area contributed by atoms with Crippen molar-refractivity contribution in [1.82, 2.24) is 20.3 Å². The predicted molar refractivity (Wildman–Crippen MR) is 79.6 cm³/mol. The summed E-state index contributed by atoms with van der Waals surface area (Å²) < 4.78 is 1.69. The molecule has 6 nitrogen and oxygen atoms in total. The van der Waals surface area contributed by atoms with Crippen molar-refractivity contribution in [1.29, 1.82) is 0 Å². The van der Waals surface area contributed by atoms with Crippen LogP contribution in [0.2, 0.25) is 0 Å². The molecule has 0 radical (unpaired) electrons. The molecule has 1 aliphatic rings. The van der Waals surface area contributed by atoms with Gasteiger partial charge in [0.15, 0.2) is 0 Å². The highest BCUT2D eigenvalue weighted by Gasteiger charge is 2.21. The molecule has 0 atom stereocenters. The summed E-state index contributed by atoms with van der Waals surface area (Å²) in [6.07, 6.45) is 3.52. The van der Waals surface area contributed by atoms with Crippen LogP contribution in [0.15, 0.2) is 30.5 Å². The molecule has 3 rings (SSSR count). The third-order valence-electron chi connectivity index (χ3n) is 3.61. The fraction of sp³-hybridized carbons (Fsp3) is 0.400. The molecule has 0 aliphatic carbocycles. The quantitative estimate of drug-likeness (QED) is 0.897. The maximum atomic E-state index is 11.7. The maximum Gasteiger partial charge on any atom is 0.227 e. The molecule has 1 N–H and O–H groups in total. The van der Waals surface area contributed by atoms with Gasteiger partial charge in [-0.1, -0.05) is 17.3 Å². The molecular weight excluding hydrogens is 266 g/mol. The van der Waals surface area contributed by atoms with Crippen LogP contribution in [0.1, 0.15) is 24.1 Å². The molecular formula is C15H19N5O. The Bertz CT molecular complexity index is 619. The van der Waals surface area contributed by atoms with E-state index >= 15 is 0 Å². The van der Waals surface area contributed by atoms with Gasteiger partial charge in [0.1, 0.15) is 0 Å². The lowest BCUT2D eigenvalue weighted by molar-refractivity contribution is -0.117. The normalized spacial score (nSPS) is 14.9. The number of aromatic nitrogens is 3. The van der Waals surface area contributed by atoms with Crippen LogP contribution < -0.4 is 10.2 Å². The van der Waals surface area contributed by atoms with E-state index < -0.39 is 0 Å². The Morgan fingerprint density at radius 2 is 2.05 bits per heavy atom. The third kappa shape index (κ3) is 3.28. The molecule has 1 aliphatic heterocycles. The van der Waals surface area contributed by atoms with Gasteiger partial charge in [-0.3, -0.25) is 9.48 Å². The van der Waals surface area contributed by atoms with Gasteiger partial charge < -0.3 is 10.2 Å². The molecule has 6 heteroatoms. The number of amides is 1. The van der Waals surface area contributed by atoms with Gasteiger partial charge in [-0.2, -0.15) is 0 Å². The number of carbonyl (C=O) groups excluding carboxylic acids is 1. The summed E-state index contributed by atoms with van der Waals surface area (Å²) in [4.78, 5) is 13.5. The molecule has 0 unspecified atom stereocenters.